The lowest BCUT2D eigenvalue weighted by Crippen LogP contribution is -2.29. The Balaban J connectivity index is 0.00000294. The van der Waals surface area contributed by atoms with Crippen LogP contribution >= 0.6 is 35.1 Å². The first kappa shape index (κ1) is 26.6. The Morgan fingerprint density at radius 3 is 2.61 bits per heavy atom. The number of para-hydroxylation sites is 1. The van der Waals surface area contributed by atoms with Crippen molar-refractivity contribution in [2.24, 2.45) is 0 Å². The summed E-state index contributed by atoms with van der Waals surface area (Å²) in [6, 6.07) is 20.8. The van der Waals surface area contributed by atoms with Crippen LogP contribution in [0.3, 0.4) is 0 Å². The fourth-order valence-corrected chi connectivity index (χ4v) is 7.37. The predicted octanol–water partition coefficient (Wildman–Crippen LogP) is 7.34. The van der Waals surface area contributed by atoms with Crippen LogP contribution in [0, 0.1) is 6.92 Å². The van der Waals surface area contributed by atoms with Crippen molar-refractivity contribution in [2.45, 2.75) is 46.3 Å². The Kier molecular flexibility index (Phi) is 7.68. The molecule has 4 heterocycles. The van der Waals surface area contributed by atoms with Crippen molar-refractivity contribution in [1.82, 2.24) is 19.7 Å². The van der Waals surface area contributed by atoms with Crippen LogP contribution in [0.25, 0.3) is 20.8 Å². The highest BCUT2D eigenvalue weighted by atomic mass is 35.5. The number of nitrogens with zero attached hydrogens (tertiary/aromatic N) is 4. The molecule has 0 saturated heterocycles. The van der Waals surface area contributed by atoms with E-state index in [0.29, 0.717) is 5.69 Å². The maximum absolute atomic E-state index is 13.5. The first-order chi connectivity index (χ1) is 18.0. The van der Waals surface area contributed by atoms with E-state index in [1.165, 1.54) is 16.0 Å². The number of aryl methyl sites for hydroxylation is 1. The van der Waals surface area contributed by atoms with E-state index in [4.69, 9.17) is 4.98 Å². The number of hydrogen-bond acceptors (Lipinski definition) is 6. The molecule has 3 aromatic heterocycles. The maximum Gasteiger partial charge on any atom is 0.274 e. The molecule has 0 saturated carbocycles. The van der Waals surface area contributed by atoms with Crippen LogP contribution in [0.2, 0.25) is 0 Å². The maximum atomic E-state index is 13.5. The number of hydrogen-bond donors (Lipinski definition) is 1. The number of amides is 1. The van der Waals surface area contributed by atoms with Crippen molar-refractivity contribution < 1.29 is 4.79 Å². The van der Waals surface area contributed by atoms with Crippen LogP contribution in [0.1, 0.15) is 52.1 Å². The highest BCUT2D eigenvalue weighted by Crippen LogP contribution is 2.46. The summed E-state index contributed by atoms with van der Waals surface area (Å²) in [5.74, 6) is -0.128. The SMILES string of the molecule is Cc1cc(C(=O)Nc2sc3c(c2-c2nc4ccccc4s2)CCN(Cc2ccccc2)C3)n(C(C)C)n1.Cl. The average Bonchev–Trinajstić information content (AvgIpc) is 3.58. The molecule has 0 bridgehead atoms. The summed E-state index contributed by atoms with van der Waals surface area (Å²) in [5.41, 5.74) is 6.14. The normalized spacial score (nSPS) is 13.5. The van der Waals surface area contributed by atoms with Crippen LogP contribution in [-0.4, -0.2) is 32.1 Å². The van der Waals surface area contributed by atoms with E-state index in [-0.39, 0.29) is 24.4 Å². The molecule has 0 radical (unpaired) electrons. The van der Waals surface area contributed by atoms with Crippen molar-refractivity contribution in [1.29, 1.82) is 0 Å². The molecule has 0 spiro atoms. The average molecular weight is 564 g/mol. The molecule has 1 aliphatic heterocycles. The highest BCUT2D eigenvalue weighted by Gasteiger charge is 2.28. The number of aromatic nitrogens is 3. The van der Waals surface area contributed by atoms with Gasteiger partial charge in [-0.15, -0.1) is 35.1 Å². The molecule has 6 rings (SSSR count). The van der Waals surface area contributed by atoms with Gasteiger partial charge in [-0.25, -0.2) is 4.98 Å². The minimum absolute atomic E-state index is 0. The number of thiazole rings is 1. The first-order valence-corrected chi connectivity index (χ1v) is 14.2. The Labute approximate surface area is 236 Å². The molecule has 9 heteroatoms. The molecule has 5 aromatic rings. The third-order valence-corrected chi connectivity index (χ3v) is 8.89. The Bertz CT molecular complexity index is 1550. The molecule has 0 aliphatic carbocycles. The second-order valence-corrected chi connectivity index (χ2v) is 11.9. The summed E-state index contributed by atoms with van der Waals surface area (Å²) < 4.78 is 2.96. The number of carbonyl (C=O) groups is 1. The minimum Gasteiger partial charge on any atom is -0.312 e. The van der Waals surface area contributed by atoms with Gasteiger partial charge in [0.2, 0.25) is 0 Å². The van der Waals surface area contributed by atoms with Crippen LogP contribution in [0.15, 0.2) is 60.7 Å². The summed E-state index contributed by atoms with van der Waals surface area (Å²) in [6.45, 7) is 8.77. The van der Waals surface area contributed by atoms with E-state index in [1.807, 2.05) is 39.0 Å². The Morgan fingerprint density at radius 1 is 1.08 bits per heavy atom. The van der Waals surface area contributed by atoms with Gasteiger partial charge in [0.05, 0.1) is 15.9 Å². The van der Waals surface area contributed by atoms with Gasteiger partial charge >= 0.3 is 0 Å². The van der Waals surface area contributed by atoms with E-state index >= 15 is 0 Å². The number of nitrogens with one attached hydrogen (secondary N) is 1. The Morgan fingerprint density at radius 2 is 1.84 bits per heavy atom. The molecule has 0 fully saturated rings. The number of benzene rings is 2. The van der Waals surface area contributed by atoms with Gasteiger partial charge in [-0.3, -0.25) is 14.4 Å². The number of halogens is 1. The van der Waals surface area contributed by atoms with Gasteiger partial charge in [-0.05, 0) is 56.5 Å². The predicted molar refractivity (Wildman–Crippen MR) is 160 cm³/mol. The summed E-state index contributed by atoms with van der Waals surface area (Å²) in [4.78, 5) is 22.3. The van der Waals surface area contributed by atoms with Gasteiger partial charge < -0.3 is 5.32 Å². The molecule has 196 valence electrons. The van der Waals surface area contributed by atoms with Crippen molar-refractivity contribution in [3.05, 3.63) is 88.1 Å². The second-order valence-electron chi connectivity index (χ2n) is 9.80. The summed E-state index contributed by atoms with van der Waals surface area (Å²) in [6.07, 6.45) is 0.933. The van der Waals surface area contributed by atoms with Gasteiger partial charge in [0.15, 0.2) is 0 Å². The zero-order valence-corrected chi connectivity index (χ0v) is 24.1. The lowest BCUT2D eigenvalue weighted by atomic mass is 10.0. The van der Waals surface area contributed by atoms with Gasteiger partial charge in [-0.2, -0.15) is 5.10 Å². The van der Waals surface area contributed by atoms with E-state index in [1.54, 1.807) is 27.4 Å². The lowest BCUT2D eigenvalue weighted by Gasteiger charge is -2.27. The number of carbonyl (C=O) groups excluding carboxylic acids is 1. The first-order valence-electron chi connectivity index (χ1n) is 12.6. The molecular weight excluding hydrogens is 534 g/mol. The largest absolute Gasteiger partial charge is 0.312 e. The van der Waals surface area contributed by atoms with E-state index < -0.39 is 0 Å². The summed E-state index contributed by atoms with van der Waals surface area (Å²) in [7, 11) is 0. The molecule has 1 aliphatic rings. The van der Waals surface area contributed by atoms with Gasteiger partial charge in [0.25, 0.3) is 5.91 Å². The molecular formula is C29H30ClN5OS2. The van der Waals surface area contributed by atoms with E-state index in [2.05, 4.69) is 57.8 Å². The fraction of sp³-hybridized carbons (Fsp3) is 0.276. The monoisotopic (exact) mass is 563 g/mol. The number of thiophene rings is 1. The van der Waals surface area contributed by atoms with Crippen LogP contribution < -0.4 is 5.32 Å². The highest BCUT2D eigenvalue weighted by molar-refractivity contribution is 7.23. The standard InChI is InChI=1S/C29H29N5OS2.ClH/c1-18(2)34-23(15-19(3)32-34)27(35)31-29-26(28-30-22-11-7-8-12-24(22)36-28)21-13-14-33(17-25(21)37-29)16-20-9-5-4-6-10-20;/h4-12,15,18H,13-14,16-17H2,1-3H3,(H,31,35);1H. The molecule has 1 amide bonds. The molecule has 38 heavy (non-hydrogen) atoms. The van der Waals surface area contributed by atoms with E-state index in [9.17, 15) is 4.79 Å². The van der Waals surface area contributed by atoms with Gasteiger partial charge in [-0.1, -0.05) is 42.5 Å². The third-order valence-electron chi connectivity index (χ3n) is 6.70. The minimum atomic E-state index is -0.128. The second kappa shape index (κ2) is 11.0. The zero-order valence-electron chi connectivity index (χ0n) is 21.6. The van der Waals surface area contributed by atoms with Crippen molar-refractivity contribution >= 4 is 56.2 Å². The van der Waals surface area contributed by atoms with Crippen molar-refractivity contribution in [3.63, 3.8) is 0 Å². The molecule has 1 N–H and O–H groups in total. The fourth-order valence-electron chi connectivity index (χ4n) is 4.97. The topological polar surface area (TPSA) is 63.1 Å². The smallest absolute Gasteiger partial charge is 0.274 e. The molecule has 2 aromatic carbocycles. The summed E-state index contributed by atoms with van der Waals surface area (Å²) >= 11 is 3.38. The van der Waals surface area contributed by atoms with Crippen molar-refractivity contribution in [2.75, 3.05) is 11.9 Å². The molecule has 0 atom stereocenters. The lowest BCUT2D eigenvalue weighted by molar-refractivity contribution is 0.101. The van der Waals surface area contributed by atoms with Crippen molar-refractivity contribution in [3.8, 4) is 10.6 Å². The number of fused-ring (bicyclic) bond motifs is 2. The zero-order chi connectivity index (χ0) is 25.5. The van der Waals surface area contributed by atoms with Gasteiger partial charge in [0.1, 0.15) is 15.7 Å². The summed E-state index contributed by atoms with van der Waals surface area (Å²) in [5, 5.41) is 9.66. The van der Waals surface area contributed by atoms with Gasteiger partial charge in [0, 0.05) is 36.1 Å². The number of rotatable bonds is 6. The van der Waals surface area contributed by atoms with Crippen LogP contribution in [0.4, 0.5) is 5.00 Å². The van der Waals surface area contributed by atoms with E-state index in [0.717, 1.165) is 57.5 Å². The van der Waals surface area contributed by atoms with Crippen LogP contribution in [-0.2, 0) is 19.5 Å². The quantitative estimate of drug-likeness (QED) is 0.235. The number of anilines is 1. The third kappa shape index (κ3) is 5.14. The van der Waals surface area contributed by atoms with Crippen LogP contribution in [0.5, 0.6) is 0 Å². The Hall–Kier alpha value is -3.04. The molecule has 6 nitrogen and oxygen atoms in total. The molecule has 0 unspecified atom stereocenters.